The topological polar surface area (TPSA) is 55.9 Å². The second-order valence-corrected chi connectivity index (χ2v) is 9.78. The Morgan fingerprint density at radius 3 is 2.28 bits per heavy atom. The van der Waals surface area contributed by atoms with E-state index in [9.17, 15) is 8.42 Å². The summed E-state index contributed by atoms with van der Waals surface area (Å²) in [6.07, 6.45) is 0. The largest absolute Gasteiger partial charge is 0.378 e. The lowest BCUT2D eigenvalue weighted by Gasteiger charge is -2.38. The summed E-state index contributed by atoms with van der Waals surface area (Å²) in [7, 11) is 2.61. The van der Waals surface area contributed by atoms with E-state index < -0.39 is 10.0 Å². The number of anilines is 1. The number of hydrogen-bond donors (Lipinski definition) is 1. The first-order chi connectivity index (χ1) is 13.8. The van der Waals surface area contributed by atoms with Gasteiger partial charge < -0.3 is 9.80 Å². The van der Waals surface area contributed by atoms with Crippen LogP contribution < -0.4 is 9.62 Å². The van der Waals surface area contributed by atoms with E-state index in [0.29, 0.717) is 11.4 Å². The Morgan fingerprint density at radius 1 is 1.03 bits per heavy atom. The highest BCUT2D eigenvalue weighted by Gasteiger charge is 2.26. The first-order valence-electron chi connectivity index (χ1n) is 10.0. The molecular weight excluding hydrogens is 384 g/mol. The SMILES string of the molecule is Cc1cccc(S(=O)(=O)NC[C@H](c2ccc(N(C)C)cc2)N2CCN(C)CC2)c1. The summed E-state index contributed by atoms with van der Waals surface area (Å²) in [6.45, 7) is 6.05. The molecule has 2 aromatic rings. The van der Waals surface area contributed by atoms with Gasteiger partial charge >= 0.3 is 0 Å². The van der Waals surface area contributed by atoms with Crippen LogP contribution in [-0.2, 0) is 10.0 Å². The second kappa shape index (κ2) is 9.26. The minimum atomic E-state index is -3.55. The predicted octanol–water partition coefficient (Wildman–Crippen LogP) is 2.33. The fourth-order valence-electron chi connectivity index (χ4n) is 3.64. The first kappa shape index (κ1) is 21.8. The van der Waals surface area contributed by atoms with E-state index in [1.807, 2.05) is 27.1 Å². The Balaban J connectivity index is 1.81. The molecule has 0 spiro atoms. The molecule has 0 unspecified atom stereocenters. The van der Waals surface area contributed by atoms with Crippen molar-refractivity contribution in [1.82, 2.24) is 14.5 Å². The summed E-state index contributed by atoms with van der Waals surface area (Å²) >= 11 is 0. The lowest BCUT2D eigenvalue weighted by atomic mass is 10.0. The molecule has 1 heterocycles. The average molecular weight is 417 g/mol. The third-order valence-corrected chi connectivity index (χ3v) is 6.96. The molecule has 1 fully saturated rings. The Hall–Kier alpha value is -1.93. The van der Waals surface area contributed by atoms with Crippen molar-refractivity contribution < 1.29 is 8.42 Å². The van der Waals surface area contributed by atoms with Crippen molar-refractivity contribution >= 4 is 15.7 Å². The van der Waals surface area contributed by atoms with Crippen LogP contribution in [0.5, 0.6) is 0 Å². The van der Waals surface area contributed by atoms with E-state index in [2.05, 4.69) is 50.7 Å². The lowest BCUT2D eigenvalue weighted by molar-refractivity contribution is 0.113. The van der Waals surface area contributed by atoms with Gasteiger partial charge in [0, 0.05) is 58.5 Å². The summed E-state index contributed by atoms with van der Waals surface area (Å²) in [5.74, 6) is 0. The van der Waals surface area contributed by atoms with Crippen LogP contribution in [0.1, 0.15) is 17.2 Å². The molecule has 0 aliphatic carbocycles. The van der Waals surface area contributed by atoms with Crippen molar-refractivity contribution in [3.8, 4) is 0 Å². The van der Waals surface area contributed by atoms with Crippen LogP contribution in [0.25, 0.3) is 0 Å². The van der Waals surface area contributed by atoms with Gasteiger partial charge in [-0.3, -0.25) is 4.90 Å². The smallest absolute Gasteiger partial charge is 0.240 e. The number of piperazine rings is 1. The fourth-order valence-corrected chi connectivity index (χ4v) is 4.78. The van der Waals surface area contributed by atoms with Crippen molar-refractivity contribution in [1.29, 1.82) is 0 Å². The van der Waals surface area contributed by atoms with Gasteiger partial charge in [0.05, 0.1) is 4.90 Å². The maximum atomic E-state index is 12.9. The number of hydrogen-bond acceptors (Lipinski definition) is 5. The predicted molar refractivity (Wildman–Crippen MR) is 119 cm³/mol. The van der Waals surface area contributed by atoms with Crippen molar-refractivity contribution in [3.05, 3.63) is 59.7 Å². The van der Waals surface area contributed by atoms with Crippen LogP contribution in [0.2, 0.25) is 0 Å². The molecule has 0 saturated carbocycles. The van der Waals surface area contributed by atoms with Gasteiger partial charge in [-0.1, -0.05) is 24.3 Å². The number of nitrogens with one attached hydrogen (secondary N) is 1. The zero-order valence-corrected chi connectivity index (χ0v) is 18.6. The normalized spacial score (nSPS) is 17.2. The highest BCUT2D eigenvalue weighted by Crippen LogP contribution is 2.24. The van der Waals surface area contributed by atoms with E-state index in [4.69, 9.17) is 0 Å². The Morgan fingerprint density at radius 2 is 1.69 bits per heavy atom. The molecule has 0 radical (unpaired) electrons. The van der Waals surface area contributed by atoms with Crippen LogP contribution in [0.4, 0.5) is 5.69 Å². The Kier molecular flexibility index (Phi) is 6.95. The van der Waals surface area contributed by atoms with Crippen LogP contribution in [0, 0.1) is 6.92 Å². The molecule has 2 aromatic carbocycles. The van der Waals surface area contributed by atoms with Crippen molar-refractivity contribution in [2.24, 2.45) is 0 Å². The zero-order valence-electron chi connectivity index (χ0n) is 17.8. The molecule has 1 aliphatic heterocycles. The van der Waals surface area contributed by atoms with E-state index >= 15 is 0 Å². The molecule has 7 heteroatoms. The molecule has 0 aromatic heterocycles. The van der Waals surface area contributed by atoms with Crippen molar-refractivity contribution in [2.75, 3.05) is 58.8 Å². The maximum Gasteiger partial charge on any atom is 0.240 e. The van der Waals surface area contributed by atoms with E-state index in [1.54, 1.807) is 18.2 Å². The van der Waals surface area contributed by atoms with Gasteiger partial charge in [-0.25, -0.2) is 13.1 Å². The molecule has 0 bridgehead atoms. The number of sulfonamides is 1. The lowest BCUT2D eigenvalue weighted by Crippen LogP contribution is -2.48. The minimum Gasteiger partial charge on any atom is -0.378 e. The van der Waals surface area contributed by atoms with Crippen LogP contribution >= 0.6 is 0 Å². The van der Waals surface area contributed by atoms with Crippen LogP contribution in [0.3, 0.4) is 0 Å². The van der Waals surface area contributed by atoms with Crippen molar-refractivity contribution in [3.63, 3.8) is 0 Å². The third kappa shape index (κ3) is 5.57. The molecule has 1 aliphatic rings. The molecule has 29 heavy (non-hydrogen) atoms. The molecule has 3 rings (SSSR count). The van der Waals surface area contributed by atoms with Gasteiger partial charge in [-0.15, -0.1) is 0 Å². The van der Waals surface area contributed by atoms with Gasteiger partial charge in [-0.05, 0) is 49.4 Å². The highest BCUT2D eigenvalue weighted by molar-refractivity contribution is 7.89. The fraction of sp³-hybridized carbons (Fsp3) is 0.455. The number of aryl methyl sites for hydroxylation is 1. The van der Waals surface area contributed by atoms with E-state index in [1.165, 1.54) is 0 Å². The van der Waals surface area contributed by atoms with Crippen molar-refractivity contribution in [2.45, 2.75) is 17.9 Å². The van der Waals surface area contributed by atoms with E-state index in [-0.39, 0.29) is 6.04 Å². The number of benzene rings is 2. The second-order valence-electron chi connectivity index (χ2n) is 8.01. The molecular formula is C22H32N4O2S. The summed E-state index contributed by atoms with van der Waals surface area (Å²) < 4.78 is 28.6. The molecule has 1 saturated heterocycles. The van der Waals surface area contributed by atoms with Gasteiger partial charge in [0.2, 0.25) is 10.0 Å². The molecule has 1 atom stereocenters. The van der Waals surface area contributed by atoms with Gasteiger partial charge in [0.1, 0.15) is 0 Å². The van der Waals surface area contributed by atoms with Gasteiger partial charge in [0.25, 0.3) is 0 Å². The zero-order chi connectivity index (χ0) is 21.0. The molecule has 1 N–H and O–H groups in total. The standard InChI is InChI=1S/C22H32N4O2S/c1-18-6-5-7-21(16-18)29(27,28)23-17-22(26-14-12-25(4)13-15-26)19-8-10-20(11-9-19)24(2)3/h5-11,16,22-23H,12-15,17H2,1-4H3/t22-/m1/s1. The molecule has 158 valence electrons. The molecule has 0 amide bonds. The number of rotatable bonds is 7. The monoisotopic (exact) mass is 416 g/mol. The summed E-state index contributed by atoms with van der Waals surface area (Å²) in [4.78, 5) is 7.07. The average Bonchev–Trinajstić information content (AvgIpc) is 2.70. The minimum absolute atomic E-state index is 0.000466. The quantitative estimate of drug-likeness (QED) is 0.751. The third-order valence-electron chi connectivity index (χ3n) is 5.54. The van der Waals surface area contributed by atoms with Crippen LogP contribution in [0.15, 0.2) is 53.4 Å². The number of nitrogens with zero attached hydrogens (tertiary/aromatic N) is 3. The summed E-state index contributed by atoms with van der Waals surface area (Å²) in [6, 6.07) is 15.4. The van der Waals surface area contributed by atoms with Crippen LogP contribution in [-0.4, -0.2) is 72.1 Å². The summed E-state index contributed by atoms with van der Waals surface area (Å²) in [5, 5.41) is 0. The maximum absolute atomic E-state index is 12.9. The molecule has 6 nitrogen and oxygen atoms in total. The Bertz CT molecular complexity index is 905. The highest BCUT2D eigenvalue weighted by atomic mass is 32.2. The first-order valence-corrected chi connectivity index (χ1v) is 11.5. The van der Waals surface area contributed by atoms with E-state index in [0.717, 1.165) is 43.0 Å². The number of likely N-dealkylation sites (N-methyl/N-ethyl adjacent to an activating group) is 1. The van der Waals surface area contributed by atoms with Gasteiger partial charge in [-0.2, -0.15) is 0 Å². The van der Waals surface area contributed by atoms with Gasteiger partial charge in [0.15, 0.2) is 0 Å². The Labute approximate surface area is 175 Å². The summed E-state index contributed by atoms with van der Waals surface area (Å²) in [5.41, 5.74) is 3.20.